The Morgan fingerprint density at radius 2 is 2.00 bits per heavy atom. The summed E-state index contributed by atoms with van der Waals surface area (Å²) in [4.78, 5) is 11.7. The second kappa shape index (κ2) is 4.63. The zero-order valence-corrected chi connectivity index (χ0v) is 9.75. The first-order chi connectivity index (χ1) is 8.90. The topological polar surface area (TPSA) is 72.9 Å². The summed E-state index contributed by atoms with van der Waals surface area (Å²) in [6.45, 7) is 0. The molecule has 0 spiro atoms. The second-order valence-electron chi connectivity index (χ2n) is 3.78. The summed E-state index contributed by atoms with van der Waals surface area (Å²) in [5.41, 5.74) is 4.98. The van der Waals surface area contributed by atoms with Crippen molar-refractivity contribution < 1.29 is 18.0 Å². The molecule has 1 amide bonds. The number of carbonyl (C=O) groups excluding carboxylic acids is 1. The second-order valence-corrected chi connectivity index (χ2v) is 3.78. The minimum atomic E-state index is -1.66. The number of nitrogens with one attached hydrogen (secondary N) is 1. The van der Waals surface area contributed by atoms with Crippen molar-refractivity contribution in [2.45, 2.75) is 0 Å². The van der Waals surface area contributed by atoms with Crippen LogP contribution in [-0.2, 0) is 7.05 Å². The molecule has 1 heterocycles. The Morgan fingerprint density at radius 1 is 1.32 bits per heavy atom. The number of hydrogen-bond donors (Lipinski definition) is 2. The molecule has 2 rings (SSSR count). The van der Waals surface area contributed by atoms with Gasteiger partial charge in [-0.05, 0) is 12.1 Å². The van der Waals surface area contributed by atoms with Crippen molar-refractivity contribution in [3.63, 3.8) is 0 Å². The average Bonchev–Trinajstić information content (AvgIpc) is 2.69. The van der Waals surface area contributed by atoms with Gasteiger partial charge in [-0.3, -0.25) is 9.48 Å². The Bertz CT molecular complexity index is 654. The van der Waals surface area contributed by atoms with Crippen LogP contribution in [0.1, 0.15) is 10.5 Å². The SMILES string of the molecule is Cn1cc(N)c(C(=O)Nc2ccc(F)c(F)c2F)n1. The molecule has 0 saturated heterocycles. The Balaban J connectivity index is 2.29. The number of carbonyl (C=O) groups is 1. The first-order valence-corrected chi connectivity index (χ1v) is 5.14. The summed E-state index contributed by atoms with van der Waals surface area (Å²) in [6, 6.07) is 1.61. The molecular weight excluding hydrogens is 261 g/mol. The zero-order chi connectivity index (χ0) is 14.2. The molecule has 8 heteroatoms. The van der Waals surface area contributed by atoms with E-state index in [4.69, 9.17) is 5.73 Å². The van der Waals surface area contributed by atoms with Crippen LogP contribution in [0.3, 0.4) is 0 Å². The molecule has 0 atom stereocenters. The van der Waals surface area contributed by atoms with Gasteiger partial charge in [0, 0.05) is 13.2 Å². The number of anilines is 2. The molecular formula is C11H9F3N4O. The quantitative estimate of drug-likeness (QED) is 0.815. The molecule has 0 bridgehead atoms. The molecule has 5 nitrogen and oxygen atoms in total. The smallest absolute Gasteiger partial charge is 0.278 e. The highest BCUT2D eigenvalue weighted by Gasteiger charge is 2.19. The van der Waals surface area contributed by atoms with Gasteiger partial charge in [-0.2, -0.15) is 5.10 Å². The molecule has 0 aliphatic carbocycles. The van der Waals surface area contributed by atoms with Crippen LogP contribution in [0.25, 0.3) is 0 Å². The normalized spacial score (nSPS) is 10.5. The van der Waals surface area contributed by atoms with Gasteiger partial charge in [0.2, 0.25) is 0 Å². The standard InChI is InChI=1S/C11H9F3N4O/c1-18-4-6(15)10(17-18)11(19)16-7-3-2-5(12)8(13)9(7)14/h2-4H,15H2,1H3,(H,16,19). The third-order valence-corrected chi connectivity index (χ3v) is 2.36. The molecule has 0 aliphatic rings. The van der Waals surface area contributed by atoms with E-state index in [-0.39, 0.29) is 11.4 Å². The van der Waals surface area contributed by atoms with Crippen molar-refractivity contribution in [2.75, 3.05) is 11.1 Å². The van der Waals surface area contributed by atoms with Crippen molar-refractivity contribution in [3.8, 4) is 0 Å². The lowest BCUT2D eigenvalue weighted by atomic mass is 10.2. The van der Waals surface area contributed by atoms with Crippen LogP contribution >= 0.6 is 0 Å². The molecule has 0 saturated carbocycles. The summed E-state index contributed by atoms with van der Waals surface area (Å²) < 4.78 is 40.4. The Kier molecular flexibility index (Phi) is 3.16. The molecule has 1 aromatic carbocycles. The van der Waals surface area contributed by atoms with E-state index < -0.39 is 29.0 Å². The van der Waals surface area contributed by atoms with Crippen molar-refractivity contribution in [1.29, 1.82) is 0 Å². The van der Waals surface area contributed by atoms with E-state index in [0.717, 1.165) is 6.07 Å². The molecule has 100 valence electrons. The van der Waals surface area contributed by atoms with Crippen LogP contribution < -0.4 is 11.1 Å². The highest BCUT2D eigenvalue weighted by Crippen LogP contribution is 2.20. The van der Waals surface area contributed by atoms with Gasteiger partial charge in [0.15, 0.2) is 23.1 Å². The van der Waals surface area contributed by atoms with Gasteiger partial charge < -0.3 is 11.1 Å². The number of aryl methyl sites for hydroxylation is 1. The molecule has 0 aliphatic heterocycles. The van der Waals surface area contributed by atoms with Crippen LogP contribution in [0.2, 0.25) is 0 Å². The maximum Gasteiger partial charge on any atom is 0.278 e. The van der Waals surface area contributed by atoms with Crippen LogP contribution in [0.4, 0.5) is 24.5 Å². The predicted molar refractivity (Wildman–Crippen MR) is 61.9 cm³/mol. The number of nitrogens with zero attached hydrogens (tertiary/aromatic N) is 2. The van der Waals surface area contributed by atoms with Gasteiger partial charge in [0.05, 0.1) is 11.4 Å². The highest BCUT2D eigenvalue weighted by molar-refractivity contribution is 6.06. The number of amides is 1. The Morgan fingerprint density at radius 3 is 2.58 bits per heavy atom. The fourth-order valence-corrected chi connectivity index (χ4v) is 1.49. The van der Waals surface area contributed by atoms with Crippen molar-refractivity contribution in [3.05, 3.63) is 41.5 Å². The number of benzene rings is 1. The number of aromatic nitrogens is 2. The predicted octanol–water partition coefficient (Wildman–Crippen LogP) is 1.67. The summed E-state index contributed by atoms with van der Waals surface area (Å²) in [5.74, 6) is -5.30. The number of rotatable bonds is 2. The van der Waals surface area contributed by atoms with E-state index in [0.29, 0.717) is 6.07 Å². The maximum absolute atomic E-state index is 13.4. The van der Waals surface area contributed by atoms with Gasteiger partial charge >= 0.3 is 0 Å². The Labute approximate surface area is 105 Å². The number of nitrogens with two attached hydrogens (primary N) is 1. The molecule has 2 aromatic rings. The van der Waals surface area contributed by atoms with Crippen LogP contribution in [0.15, 0.2) is 18.3 Å². The lowest BCUT2D eigenvalue weighted by Gasteiger charge is -2.06. The van der Waals surface area contributed by atoms with E-state index in [2.05, 4.69) is 10.4 Å². The monoisotopic (exact) mass is 270 g/mol. The first kappa shape index (κ1) is 12.9. The molecule has 3 N–H and O–H groups in total. The molecule has 1 aromatic heterocycles. The highest BCUT2D eigenvalue weighted by atomic mass is 19.2. The first-order valence-electron chi connectivity index (χ1n) is 5.14. The molecule has 0 radical (unpaired) electrons. The third kappa shape index (κ3) is 2.37. The van der Waals surface area contributed by atoms with E-state index in [1.54, 1.807) is 7.05 Å². The van der Waals surface area contributed by atoms with Crippen LogP contribution in [-0.4, -0.2) is 15.7 Å². The number of halogens is 3. The van der Waals surface area contributed by atoms with Crippen LogP contribution in [0.5, 0.6) is 0 Å². The number of hydrogen-bond acceptors (Lipinski definition) is 3. The van der Waals surface area contributed by atoms with E-state index in [1.807, 2.05) is 0 Å². The minimum Gasteiger partial charge on any atom is -0.396 e. The summed E-state index contributed by atoms with van der Waals surface area (Å²) in [6.07, 6.45) is 1.39. The zero-order valence-electron chi connectivity index (χ0n) is 9.75. The van der Waals surface area contributed by atoms with Gasteiger partial charge in [-0.1, -0.05) is 0 Å². The van der Waals surface area contributed by atoms with Gasteiger partial charge in [0.1, 0.15) is 0 Å². The van der Waals surface area contributed by atoms with Gasteiger partial charge in [-0.25, -0.2) is 13.2 Å². The summed E-state index contributed by atoms with van der Waals surface area (Å²) >= 11 is 0. The molecule has 0 fully saturated rings. The fraction of sp³-hybridized carbons (Fsp3) is 0.0909. The lowest BCUT2D eigenvalue weighted by molar-refractivity contribution is 0.102. The van der Waals surface area contributed by atoms with Crippen LogP contribution in [0, 0.1) is 17.5 Å². The third-order valence-electron chi connectivity index (χ3n) is 2.36. The Hall–Kier alpha value is -2.51. The summed E-state index contributed by atoms with van der Waals surface area (Å²) in [5, 5.41) is 5.84. The van der Waals surface area contributed by atoms with Crippen molar-refractivity contribution >= 4 is 17.3 Å². The van der Waals surface area contributed by atoms with Crippen molar-refractivity contribution in [1.82, 2.24) is 9.78 Å². The largest absolute Gasteiger partial charge is 0.396 e. The van der Waals surface area contributed by atoms with Gasteiger partial charge in [-0.15, -0.1) is 0 Å². The number of nitrogen functional groups attached to an aromatic ring is 1. The van der Waals surface area contributed by atoms with Crippen molar-refractivity contribution in [2.24, 2.45) is 7.05 Å². The maximum atomic E-state index is 13.4. The summed E-state index contributed by atoms with van der Waals surface area (Å²) in [7, 11) is 1.55. The van der Waals surface area contributed by atoms with Gasteiger partial charge in [0.25, 0.3) is 5.91 Å². The van der Waals surface area contributed by atoms with E-state index >= 15 is 0 Å². The lowest BCUT2D eigenvalue weighted by Crippen LogP contribution is -2.16. The molecule has 19 heavy (non-hydrogen) atoms. The average molecular weight is 270 g/mol. The van der Waals surface area contributed by atoms with E-state index in [9.17, 15) is 18.0 Å². The minimum absolute atomic E-state index is 0.0861. The molecule has 0 unspecified atom stereocenters. The fourth-order valence-electron chi connectivity index (χ4n) is 1.49. The van der Waals surface area contributed by atoms with E-state index in [1.165, 1.54) is 10.9 Å².